The average Bonchev–Trinajstić information content (AvgIpc) is 2.92. The maximum absolute atomic E-state index is 12.3. The molecule has 134 valence electrons. The van der Waals surface area contributed by atoms with Crippen molar-refractivity contribution in [1.82, 2.24) is 20.1 Å². The van der Waals surface area contributed by atoms with Crippen LogP contribution in [0.1, 0.15) is 25.7 Å². The van der Waals surface area contributed by atoms with Crippen LogP contribution in [0, 0.1) is 0 Å². The van der Waals surface area contributed by atoms with Crippen molar-refractivity contribution in [1.29, 1.82) is 0 Å². The average molecular weight is 381 g/mol. The molecule has 1 amide bonds. The van der Waals surface area contributed by atoms with E-state index in [1.54, 1.807) is 25.3 Å². The fourth-order valence-corrected chi connectivity index (χ4v) is 3.71. The number of benzene rings is 1. The van der Waals surface area contributed by atoms with Crippen LogP contribution >= 0.6 is 23.4 Å². The highest BCUT2D eigenvalue weighted by Gasteiger charge is 2.17. The number of halogens is 1. The van der Waals surface area contributed by atoms with E-state index in [2.05, 4.69) is 15.2 Å². The van der Waals surface area contributed by atoms with E-state index >= 15 is 0 Å². The molecule has 8 heteroatoms. The molecule has 0 saturated carbocycles. The van der Waals surface area contributed by atoms with Gasteiger partial charge in [0.1, 0.15) is 5.75 Å². The van der Waals surface area contributed by atoms with Crippen LogP contribution in [0.3, 0.4) is 0 Å². The maximum atomic E-state index is 12.3. The van der Waals surface area contributed by atoms with Crippen molar-refractivity contribution in [2.45, 2.75) is 30.8 Å². The van der Waals surface area contributed by atoms with E-state index in [0.29, 0.717) is 27.5 Å². The van der Waals surface area contributed by atoms with Crippen molar-refractivity contribution in [2.24, 2.45) is 0 Å². The number of ether oxygens (including phenoxy) is 1. The van der Waals surface area contributed by atoms with Crippen molar-refractivity contribution >= 4 is 29.3 Å². The zero-order chi connectivity index (χ0) is 17.6. The molecule has 0 radical (unpaired) electrons. The highest BCUT2D eigenvalue weighted by Crippen LogP contribution is 2.31. The Kier molecular flexibility index (Phi) is 6.20. The molecule has 0 unspecified atom stereocenters. The molecule has 1 aliphatic heterocycles. The van der Waals surface area contributed by atoms with Gasteiger partial charge in [-0.15, -0.1) is 5.10 Å². The Bertz CT molecular complexity index is 729. The quantitative estimate of drug-likeness (QED) is 0.802. The number of nitrogens with one attached hydrogen (secondary N) is 1. The standard InChI is InChI=1S/C17H21ClN4O2S/c1-24-14-7-6-12(18)10-13(14)16-19-17(21-20-16)25-11-15(23)22-8-4-2-3-5-9-22/h6-7,10H,2-5,8-9,11H2,1H3,(H,19,20,21). The zero-order valence-corrected chi connectivity index (χ0v) is 15.7. The molecule has 2 aromatic rings. The first-order valence-electron chi connectivity index (χ1n) is 8.34. The normalized spacial score (nSPS) is 15.0. The van der Waals surface area contributed by atoms with Crippen LogP contribution in [0.2, 0.25) is 5.02 Å². The van der Waals surface area contributed by atoms with E-state index in [4.69, 9.17) is 16.3 Å². The molecule has 1 saturated heterocycles. The van der Waals surface area contributed by atoms with Gasteiger partial charge in [0, 0.05) is 18.1 Å². The Morgan fingerprint density at radius 1 is 1.32 bits per heavy atom. The van der Waals surface area contributed by atoms with Crippen molar-refractivity contribution in [3.8, 4) is 17.1 Å². The van der Waals surface area contributed by atoms with Crippen molar-refractivity contribution in [2.75, 3.05) is 26.0 Å². The van der Waals surface area contributed by atoms with Crippen LogP contribution in [0.25, 0.3) is 11.4 Å². The smallest absolute Gasteiger partial charge is 0.233 e. The van der Waals surface area contributed by atoms with Crippen LogP contribution in [0.5, 0.6) is 5.75 Å². The molecule has 0 aliphatic carbocycles. The molecule has 25 heavy (non-hydrogen) atoms. The zero-order valence-electron chi connectivity index (χ0n) is 14.1. The third-order valence-corrected chi connectivity index (χ3v) is 5.23. The molecule has 0 atom stereocenters. The van der Waals surface area contributed by atoms with Gasteiger partial charge in [-0.25, -0.2) is 4.98 Å². The Labute approximate surface area is 156 Å². The Morgan fingerprint density at radius 2 is 2.08 bits per heavy atom. The lowest BCUT2D eigenvalue weighted by Gasteiger charge is -2.19. The molecule has 1 aromatic carbocycles. The van der Waals surface area contributed by atoms with E-state index in [0.717, 1.165) is 31.5 Å². The molecule has 6 nitrogen and oxygen atoms in total. The number of amides is 1. The minimum atomic E-state index is 0.151. The molecule has 3 rings (SSSR count). The van der Waals surface area contributed by atoms with E-state index in [1.165, 1.54) is 24.6 Å². The lowest BCUT2D eigenvalue weighted by molar-refractivity contribution is -0.128. The van der Waals surface area contributed by atoms with Gasteiger partial charge in [-0.2, -0.15) is 0 Å². The van der Waals surface area contributed by atoms with Crippen LogP contribution in [0.15, 0.2) is 23.4 Å². The summed E-state index contributed by atoms with van der Waals surface area (Å²) in [5, 5.41) is 8.22. The molecule has 0 bridgehead atoms. The van der Waals surface area contributed by atoms with Crippen LogP contribution < -0.4 is 4.74 Å². The number of likely N-dealkylation sites (tertiary alicyclic amines) is 1. The van der Waals surface area contributed by atoms with Gasteiger partial charge in [0.2, 0.25) is 11.1 Å². The monoisotopic (exact) mass is 380 g/mol. The Hall–Kier alpha value is -1.73. The second-order valence-electron chi connectivity index (χ2n) is 5.89. The topological polar surface area (TPSA) is 71.1 Å². The Morgan fingerprint density at radius 3 is 2.80 bits per heavy atom. The van der Waals surface area contributed by atoms with E-state index in [9.17, 15) is 4.79 Å². The number of rotatable bonds is 5. The first-order chi connectivity index (χ1) is 12.2. The summed E-state index contributed by atoms with van der Waals surface area (Å²) in [5.41, 5.74) is 0.744. The highest BCUT2D eigenvalue weighted by atomic mass is 35.5. The van der Waals surface area contributed by atoms with Gasteiger partial charge in [-0.05, 0) is 31.0 Å². The summed E-state index contributed by atoms with van der Waals surface area (Å²) in [6, 6.07) is 5.32. The number of methoxy groups -OCH3 is 1. The number of carbonyl (C=O) groups excluding carboxylic acids is 1. The molecule has 1 aromatic heterocycles. The summed E-state index contributed by atoms with van der Waals surface area (Å²) in [5.74, 6) is 1.74. The number of hydrogen-bond donors (Lipinski definition) is 1. The molecule has 1 aliphatic rings. The molecule has 1 fully saturated rings. The Balaban J connectivity index is 1.64. The maximum Gasteiger partial charge on any atom is 0.233 e. The number of aromatic amines is 1. The third kappa shape index (κ3) is 4.67. The number of aromatic nitrogens is 3. The van der Waals surface area contributed by atoms with E-state index in [1.807, 2.05) is 4.90 Å². The predicted molar refractivity (Wildman–Crippen MR) is 99.2 cm³/mol. The second-order valence-corrected chi connectivity index (χ2v) is 7.27. The number of nitrogens with zero attached hydrogens (tertiary/aromatic N) is 3. The van der Waals surface area contributed by atoms with E-state index < -0.39 is 0 Å². The number of H-pyrrole nitrogens is 1. The van der Waals surface area contributed by atoms with Gasteiger partial charge < -0.3 is 9.64 Å². The summed E-state index contributed by atoms with van der Waals surface area (Å²) < 4.78 is 5.34. The minimum Gasteiger partial charge on any atom is -0.496 e. The van der Waals surface area contributed by atoms with Gasteiger partial charge >= 0.3 is 0 Å². The highest BCUT2D eigenvalue weighted by molar-refractivity contribution is 7.99. The molecule has 2 heterocycles. The lowest BCUT2D eigenvalue weighted by atomic mass is 10.2. The summed E-state index contributed by atoms with van der Waals surface area (Å²) in [6.45, 7) is 1.72. The third-order valence-electron chi connectivity index (χ3n) is 4.17. The fraction of sp³-hybridized carbons (Fsp3) is 0.471. The van der Waals surface area contributed by atoms with Crippen LogP contribution in [-0.2, 0) is 4.79 Å². The number of carbonyl (C=O) groups is 1. The fourth-order valence-electron chi connectivity index (χ4n) is 2.83. The second kappa shape index (κ2) is 8.58. The van der Waals surface area contributed by atoms with Crippen LogP contribution in [-0.4, -0.2) is 51.9 Å². The largest absolute Gasteiger partial charge is 0.496 e. The molecule has 1 N–H and O–H groups in total. The van der Waals surface area contributed by atoms with Crippen LogP contribution in [0.4, 0.5) is 0 Å². The molecule has 0 spiro atoms. The first kappa shape index (κ1) is 18.1. The van der Waals surface area contributed by atoms with Gasteiger partial charge in [-0.1, -0.05) is 36.2 Å². The molecular weight excluding hydrogens is 360 g/mol. The minimum absolute atomic E-state index is 0.151. The van der Waals surface area contributed by atoms with Crippen molar-refractivity contribution < 1.29 is 9.53 Å². The van der Waals surface area contributed by atoms with Gasteiger partial charge in [-0.3, -0.25) is 9.89 Å². The predicted octanol–water partition coefficient (Wildman–Crippen LogP) is 3.63. The molecular formula is C17H21ClN4O2S. The van der Waals surface area contributed by atoms with Gasteiger partial charge in [0.25, 0.3) is 0 Å². The first-order valence-corrected chi connectivity index (χ1v) is 9.70. The number of hydrogen-bond acceptors (Lipinski definition) is 5. The number of thioether (sulfide) groups is 1. The van der Waals surface area contributed by atoms with Crippen molar-refractivity contribution in [3.05, 3.63) is 23.2 Å². The van der Waals surface area contributed by atoms with Crippen molar-refractivity contribution in [3.63, 3.8) is 0 Å². The summed E-state index contributed by atoms with van der Waals surface area (Å²) >= 11 is 7.40. The lowest BCUT2D eigenvalue weighted by Crippen LogP contribution is -2.33. The van der Waals surface area contributed by atoms with Gasteiger partial charge in [0.05, 0.1) is 18.4 Å². The summed E-state index contributed by atoms with van der Waals surface area (Å²) in [4.78, 5) is 18.8. The SMILES string of the molecule is COc1ccc(Cl)cc1-c1nc(SCC(=O)N2CCCCCC2)n[nH]1. The van der Waals surface area contributed by atoms with E-state index in [-0.39, 0.29) is 5.91 Å². The summed E-state index contributed by atoms with van der Waals surface area (Å²) in [7, 11) is 1.60. The summed E-state index contributed by atoms with van der Waals surface area (Å²) in [6.07, 6.45) is 4.61. The van der Waals surface area contributed by atoms with Gasteiger partial charge in [0.15, 0.2) is 5.82 Å².